The number of benzene rings is 3. The minimum atomic E-state index is -0.760. The molecule has 0 fully saturated rings. The fourth-order valence-electron chi connectivity index (χ4n) is 3.18. The summed E-state index contributed by atoms with van der Waals surface area (Å²) in [7, 11) is 0. The van der Waals surface area contributed by atoms with E-state index < -0.39 is 4.75 Å². The van der Waals surface area contributed by atoms with Crippen molar-refractivity contribution in [3.8, 4) is 0 Å². The number of rotatable bonds is 3. The third kappa shape index (κ3) is 2.33. The molecule has 1 aliphatic heterocycles. The van der Waals surface area contributed by atoms with Crippen LogP contribution >= 0.6 is 11.8 Å². The lowest BCUT2D eigenvalue weighted by Crippen LogP contribution is -2.32. The van der Waals surface area contributed by atoms with E-state index in [1.165, 1.54) is 0 Å². The maximum atomic E-state index is 13.1. The first-order valence-corrected chi connectivity index (χ1v) is 8.74. The number of fused-ring (bicyclic) bond motifs is 1. The summed E-state index contributed by atoms with van der Waals surface area (Å²) in [5.41, 5.74) is 4.09. The van der Waals surface area contributed by atoms with Crippen LogP contribution in [-0.4, -0.2) is 5.91 Å². The number of amides is 1. The van der Waals surface area contributed by atoms with Crippen LogP contribution in [0.2, 0.25) is 0 Å². The number of thioether (sulfide) groups is 1. The molecule has 0 radical (unpaired) electrons. The maximum Gasteiger partial charge on any atom is 0.250 e. The molecule has 1 N–H and O–H groups in total. The number of carbonyl (C=O) groups is 1. The van der Waals surface area contributed by atoms with Gasteiger partial charge in [-0.3, -0.25) is 4.79 Å². The normalized spacial score (nSPS) is 19.0. The van der Waals surface area contributed by atoms with Gasteiger partial charge in [-0.2, -0.15) is 0 Å². The zero-order valence-electron chi connectivity index (χ0n) is 13.3. The number of hydrogen-bond donors (Lipinski definition) is 1. The van der Waals surface area contributed by atoms with Crippen LogP contribution in [0.3, 0.4) is 0 Å². The first-order chi connectivity index (χ1) is 11.7. The van der Waals surface area contributed by atoms with Gasteiger partial charge in [-0.05, 0) is 30.7 Å². The second-order valence-corrected chi connectivity index (χ2v) is 7.25. The van der Waals surface area contributed by atoms with Crippen molar-refractivity contribution in [2.45, 2.75) is 16.6 Å². The summed E-state index contributed by atoms with van der Waals surface area (Å²) in [4.78, 5) is 14.2. The summed E-state index contributed by atoms with van der Waals surface area (Å²) in [6, 6.07) is 26.3. The van der Waals surface area contributed by atoms with Gasteiger partial charge in [-0.1, -0.05) is 78.0 Å². The van der Waals surface area contributed by atoms with Crippen LogP contribution in [0.5, 0.6) is 0 Å². The number of aryl methyl sites for hydroxylation is 1. The Morgan fingerprint density at radius 2 is 1.54 bits per heavy atom. The SMILES string of the molecule is Cc1ccc2c(c1)[C@](Sc1ccccc1)(c1ccccc1)C(=O)N2. The predicted molar refractivity (Wildman–Crippen MR) is 99.3 cm³/mol. The van der Waals surface area contributed by atoms with Crippen LogP contribution in [0.4, 0.5) is 5.69 Å². The van der Waals surface area contributed by atoms with Crippen molar-refractivity contribution in [3.63, 3.8) is 0 Å². The van der Waals surface area contributed by atoms with Crippen molar-refractivity contribution in [2.24, 2.45) is 0 Å². The monoisotopic (exact) mass is 331 g/mol. The number of anilines is 1. The van der Waals surface area contributed by atoms with Gasteiger partial charge < -0.3 is 5.32 Å². The van der Waals surface area contributed by atoms with Gasteiger partial charge in [-0.15, -0.1) is 0 Å². The molecule has 0 saturated heterocycles. The van der Waals surface area contributed by atoms with Crippen molar-refractivity contribution >= 4 is 23.4 Å². The van der Waals surface area contributed by atoms with Gasteiger partial charge in [0.1, 0.15) is 0 Å². The molecule has 1 heterocycles. The Labute approximate surface area is 145 Å². The molecule has 3 heteroatoms. The number of carbonyl (C=O) groups excluding carboxylic acids is 1. The van der Waals surface area contributed by atoms with E-state index >= 15 is 0 Å². The summed E-state index contributed by atoms with van der Waals surface area (Å²) < 4.78 is -0.760. The molecule has 1 atom stereocenters. The molecule has 0 saturated carbocycles. The highest BCUT2D eigenvalue weighted by atomic mass is 32.2. The molecule has 0 bridgehead atoms. The van der Waals surface area contributed by atoms with Crippen LogP contribution < -0.4 is 5.32 Å². The van der Waals surface area contributed by atoms with Gasteiger partial charge in [-0.25, -0.2) is 0 Å². The molecule has 118 valence electrons. The molecule has 24 heavy (non-hydrogen) atoms. The van der Waals surface area contributed by atoms with Gasteiger partial charge in [0.05, 0.1) is 0 Å². The average Bonchev–Trinajstić information content (AvgIpc) is 2.89. The molecule has 0 aliphatic carbocycles. The fraction of sp³-hybridized carbons (Fsp3) is 0.0952. The molecule has 4 rings (SSSR count). The Kier molecular flexibility index (Phi) is 3.66. The molecule has 3 aromatic rings. The van der Waals surface area contributed by atoms with E-state index in [1.54, 1.807) is 11.8 Å². The molecule has 3 aromatic carbocycles. The van der Waals surface area contributed by atoms with Crippen LogP contribution in [0.1, 0.15) is 16.7 Å². The summed E-state index contributed by atoms with van der Waals surface area (Å²) in [5.74, 6) is 0.0168. The van der Waals surface area contributed by atoms with Gasteiger partial charge in [0.15, 0.2) is 4.75 Å². The smallest absolute Gasteiger partial charge is 0.250 e. The Morgan fingerprint density at radius 3 is 2.25 bits per heavy atom. The first-order valence-electron chi connectivity index (χ1n) is 7.92. The maximum absolute atomic E-state index is 13.1. The van der Waals surface area contributed by atoms with E-state index in [0.717, 1.165) is 27.3 Å². The van der Waals surface area contributed by atoms with E-state index in [-0.39, 0.29) is 5.91 Å². The molecular formula is C21H17NOS. The molecular weight excluding hydrogens is 314 g/mol. The topological polar surface area (TPSA) is 29.1 Å². The lowest BCUT2D eigenvalue weighted by atomic mass is 9.90. The van der Waals surface area contributed by atoms with Crippen molar-refractivity contribution in [1.82, 2.24) is 0 Å². The molecule has 0 unspecified atom stereocenters. The van der Waals surface area contributed by atoms with Gasteiger partial charge >= 0.3 is 0 Å². The zero-order chi connectivity index (χ0) is 16.6. The largest absolute Gasteiger partial charge is 0.324 e. The summed E-state index contributed by atoms with van der Waals surface area (Å²) in [6.45, 7) is 2.06. The third-order valence-corrected chi connectivity index (χ3v) is 5.77. The molecule has 0 spiro atoms. The third-order valence-electron chi connectivity index (χ3n) is 4.32. The molecule has 1 aliphatic rings. The highest BCUT2D eigenvalue weighted by Crippen LogP contribution is 2.53. The van der Waals surface area contributed by atoms with Gasteiger partial charge in [0, 0.05) is 16.1 Å². The van der Waals surface area contributed by atoms with Crippen LogP contribution in [0.25, 0.3) is 0 Å². The van der Waals surface area contributed by atoms with Gasteiger partial charge in [0.2, 0.25) is 5.91 Å². The quantitative estimate of drug-likeness (QED) is 0.733. The number of hydrogen-bond acceptors (Lipinski definition) is 2. The Morgan fingerprint density at radius 1 is 0.875 bits per heavy atom. The number of nitrogens with one attached hydrogen (secondary N) is 1. The molecule has 1 amide bonds. The minimum Gasteiger partial charge on any atom is -0.324 e. The lowest BCUT2D eigenvalue weighted by molar-refractivity contribution is -0.117. The minimum absolute atomic E-state index is 0.0168. The summed E-state index contributed by atoms with van der Waals surface area (Å²) in [5, 5.41) is 3.07. The lowest BCUT2D eigenvalue weighted by Gasteiger charge is -2.28. The van der Waals surface area contributed by atoms with Crippen molar-refractivity contribution < 1.29 is 4.79 Å². The second-order valence-electron chi connectivity index (χ2n) is 5.97. The standard InChI is InChI=1S/C21H17NOS/c1-15-12-13-19-18(14-15)21(20(23)22-19,16-8-4-2-5-9-16)24-17-10-6-3-7-11-17/h2-14H,1H3,(H,22,23)/t21-/m1/s1. The van der Waals surface area contributed by atoms with Crippen molar-refractivity contribution in [3.05, 3.63) is 95.6 Å². The molecule has 0 aromatic heterocycles. The Balaban J connectivity index is 1.96. The van der Waals surface area contributed by atoms with Crippen molar-refractivity contribution in [1.29, 1.82) is 0 Å². The van der Waals surface area contributed by atoms with E-state index in [4.69, 9.17) is 0 Å². The predicted octanol–water partition coefficient (Wildman–Crippen LogP) is 4.98. The van der Waals surface area contributed by atoms with Crippen LogP contribution in [0, 0.1) is 6.92 Å². The fourth-order valence-corrected chi connectivity index (χ4v) is 4.50. The molecule has 2 nitrogen and oxygen atoms in total. The van der Waals surface area contributed by atoms with Crippen LogP contribution in [-0.2, 0) is 9.54 Å². The van der Waals surface area contributed by atoms with E-state index in [2.05, 4.69) is 30.4 Å². The average molecular weight is 331 g/mol. The second kappa shape index (κ2) is 5.84. The highest BCUT2D eigenvalue weighted by molar-refractivity contribution is 8.01. The van der Waals surface area contributed by atoms with Gasteiger partial charge in [0.25, 0.3) is 0 Å². The zero-order valence-corrected chi connectivity index (χ0v) is 14.1. The van der Waals surface area contributed by atoms with E-state index in [9.17, 15) is 4.79 Å². The highest BCUT2D eigenvalue weighted by Gasteiger charge is 2.49. The summed E-state index contributed by atoms with van der Waals surface area (Å²) >= 11 is 1.60. The van der Waals surface area contributed by atoms with E-state index in [0.29, 0.717) is 0 Å². The first kappa shape index (κ1) is 15.0. The van der Waals surface area contributed by atoms with Crippen LogP contribution in [0.15, 0.2) is 83.8 Å². The van der Waals surface area contributed by atoms with E-state index in [1.807, 2.05) is 60.7 Å². The summed E-state index contributed by atoms with van der Waals surface area (Å²) in [6.07, 6.45) is 0. The Hall–Kier alpha value is -2.52. The van der Waals surface area contributed by atoms with Crippen molar-refractivity contribution in [2.75, 3.05) is 5.32 Å². The Bertz CT molecular complexity index is 892.